The van der Waals surface area contributed by atoms with E-state index in [1.807, 2.05) is 0 Å². The second kappa shape index (κ2) is 4.12. The summed E-state index contributed by atoms with van der Waals surface area (Å²) in [5.41, 5.74) is 0. The maximum Gasteiger partial charge on any atom is 0.197 e. The molecule has 0 bridgehead atoms. The van der Waals surface area contributed by atoms with Crippen molar-refractivity contribution in [3.05, 3.63) is 0 Å². The lowest BCUT2D eigenvalue weighted by atomic mass is 10.0. The summed E-state index contributed by atoms with van der Waals surface area (Å²) < 4.78 is 9.53. The first-order chi connectivity index (χ1) is 6.11. The molecule has 0 saturated carbocycles. The number of ketones is 1. The monoisotopic (exact) mass is 192 g/mol. The Hall–Kier alpha value is -0.530. The lowest BCUT2D eigenvalue weighted by Crippen LogP contribution is -2.56. The Morgan fingerprint density at radius 2 is 2.08 bits per heavy atom. The van der Waals surface area contributed by atoms with E-state index in [0.29, 0.717) is 0 Å². The van der Waals surface area contributed by atoms with Crippen LogP contribution in [0.15, 0.2) is 0 Å². The Bertz CT molecular complexity index is 175. The first kappa shape index (κ1) is 10.6. The van der Waals surface area contributed by atoms with Crippen molar-refractivity contribution in [3.8, 4) is 0 Å². The van der Waals surface area contributed by atoms with Crippen LogP contribution in [-0.2, 0) is 14.3 Å². The van der Waals surface area contributed by atoms with E-state index in [0.717, 1.165) is 0 Å². The van der Waals surface area contributed by atoms with E-state index < -0.39 is 37.0 Å². The van der Waals surface area contributed by atoms with Gasteiger partial charge in [0.25, 0.3) is 0 Å². The van der Waals surface area contributed by atoms with Gasteiger partial charge in [0, 0.05) is 7.11 Å². The highest BCUT2D eigenvalue weighted by Crippen LogP contribution is 2.17. The predicted molar refractivity (Wildman–Crippen MR) is 39.8 cm³/mol. The van der Waals surface area contributed by atoms with Crippen molar-refractivity contribution in [2.24, 2.45) is 0 Å². The molecular weight excluding hydrogens is 180 g/mol. The maximum absolute atomic E-state index is 11.1. The van der Waals surface area contributed by atoms with Gasteiger partial charge in [-0.25, -0.2) is 0 Å². The van der Waals surface area contributed by atoms with Gasteiger partial charge >= 0.3 is 0 Å². The fourth-order valence-electron chi connectivity index (χ4n) is 1.14. The van der Waals surface area contributed by atoms with Crippen LogP contribution in [0, 0.1) is 0 Å². The molecule has 1 fully saturated rings. The molecule has 0 amide bonds. The van der Waals surface area contributed by atoms with E-state index in [1.165, 1.54) is 7.11 Å². The van der Waals surface area contributed by atoms with Crippen molar-refractivity contribution in [3.63, 3.8) is 0 Å². The van der Waals surface area contributed by atoms with Gasteiger partial charge in [0.05, 0.1) is 6.61 Å². The minimum absolute atomic E-state index is 0.501. The molecule has 6 heteroatoms. The number of aliphatic hydroxyl groups is 3. The normalized spacial score (nSPS) is 40.8. The number of carbonyl (C=O) groups excluding carboxylic acids is 1. The molecule has 0 aliphatic carbocycles. The highest BCUT2D eigenvalue weighted by Gasteiger charge is 2.43. The van der Waals surface area contributed by atoms with Gasteiger partial charge in [0.15, 0.2) is 18.2 Å². The zero-order valence-corrected chi connectivity index (χ0v) is 7.08. The highest BCUT2D eigenvalue weighted by atomic mass is 16.7. The molecule has 0 aromatic rings. The van der Waals surface area contributed by atoms with E-state index >= 15 is 0 Å². The number of ether oxygens (including phenoxy) is 2. The van der Waals surface area contributed by atoms with Gasteiger partial charge in [-0.2, -0.15) is 0 Å². The molecule has 3 N–H and O–H groups in total. The van der Waals surface area contributed by atoms with Crippen LogP contribution < -0.4 is 0 Å². The molecule has 1 aliphatic heterocycles. The van der Waals surface area contributed by atoms with E-state index in [4.69, 9.17) is 9.84 Å². The Morgan fingerprint density at radius 1 is 1.46 bits per heavy atom. The third-order valence-electron chi connectivity index (χ3n) is 1.91. The Balaban J connectivity index is 2.72. The fourth-order valence-corrected chi connectivity index (χ4v) is 1.14. The molecule has 0 radical (unpaired) electrons. The molecule has 1 saturated heterocycles. The topological polar surface area (TPSA) is 96.2 Å². The minimum Gasteiger partial charge on any atom is -0.394 e. The molecule has 1 rings (SSSR count). The molecule has 0 spiro atoms. The van der Waals surface area contributed by atoms with E-state index in [9.17, 15) is 15.0 Å². The summed E-state index contributed by atoms with van der Waals surface area (Å²) >= 11 is 0. The molecule has 2 unspecified atom stereocenters. The summed E-state index contributed by atoms with van der Waals surface area (Å²) in [6.07, 6.45) is -5.14. The second-order valence-corrected chi connectivity index (χ2v) is 2.75. The highest BCUT2D eigenvalue weighted by molar-refractivity contribution is 5.88. The van der Waals surface area contributed by atoms with Gasteiger partial charge in [-0.15, -0.1) is 0 Å². The third kappa shape index (κ3) is 1.87. The van der Waals surface area contributed by atoms with Gasteiger partial charge in [0.2, 0.25) is 0 Å². The summed E-state index contributed by atoms with van der Waals surface area (Å²) in [4.78, 5) is 11.1. The summed E-state index contributed by atoms with van der Waals surface area (Å²) in [7, 11) is 1.26. The van der Waals surface area contributed by atoms with E-state index in [1.54, 1.807) is 0 Å². The standard InChI is InChI=1S/C7H12O6/c1-12-7-6(11)5(10)4(9)3(2-8)13-7/h3-4,6-9,11H,2H2,1H3/t3?,4?,6-,7+/m1/s1. The first-order valence-corrected chi connectivity index (χ1v) is 3.80. The van der Waals surface area contributed by atoms with Crippen LogP contribution in [0.25, 0.3) is 0 Å². The van der Waals surface area contributed by atoms with E-state index in [-0.39, 0.29) is 0 Å². The number of rotatable bonds is 2. The predicted octanol–water partition coefficient (Wildman–Crippen LogP) is -2.36. The Morgan fingerprint density at radius 3 is 2.54 bits per heavy atom. The van der Waals surface area contributed by atoms with Crippen LogP contribution in [0.5, 0.6) is 0 Å². The second-order valence-electron chi connectivity index (χ2n) is 2.75. The van der Waals surface area contributed by atoms with Crippen LogP contribution in [0.4, 0.5) is 0 Å². The zero-order valence-electron chi connectivity index (χ0n) is 7.08. The zero-order chi connectivity index (χ0) is 10.0. The summed E-state index contributed by atoms with van der Waals surface area (Å²) in [5.74, 6) is -0.794. The number of methoxy groups -OCH3 is 1. The van der Waals surface area contributed by atoms with Gasteiger partial charge < -0.3 is 24.8 Å². The molecule has 13 heavy (non-hydrogen) atoms. The largest absolute Gasteiger partial charge is 0.394 e. The van der Waals surface area contributed by atoms with Crippen LogP contribution in [-0.4, -0.2) is 59.4 Å². The van der Waals surface area contributed by atoms with Crippen LogP contribution in [0.1, 0.15) is 0 Å². The van der Waals surface area contributed by atoms with Crippen molar-refractivity contribution in [2.45, 2.75) is 24.6 Å². The van der Waals surface area contributed by atoms with Gasteiger partial charge in [0.1, 0.15) is 12.2 Å². The fraction of sp³-hybridized carbons (Fsp3) is 0.857. The Labute approximate surface area is 74.7 Å². The van der Waals surface area contributed by atoms with Crippen molar-refractivity contribution in [2.75, 3.05) is 13.7 Å². The average Bonchev–Trinajstić information content (AvgIpc) is 2.15. The number of carbonyl (C=O) groups is 1. The summed E-state index contributed by atoms with van der Waals surface area (Å²) in [6.45, 7) is -0.501. The SMILES string of the molecule is CO[C@H]1OC(CO)C(O)C(=O)[C@H]1O. The number of Topliss-reactive ketones (excluding diaryl/α,β-unsaturated/α-hetero) is 1. The lowest BCUT2D eigenvalue weighted by Gasteiger charge is -2.34. The van der Waals surface area contributed by atoms with E-state index in [2.05, 4.69) is 4.74 Å². The molecular formula is C7H12O6. The maximum atomic E-state index is 11.1. The van der Waals surface area contributed by atoms with Crippen molar-refractivity contribution < 1.29 is 29.6 Å². The lowest BCUT2D eigenvalue weighted by molar-refractivity contribution is -0.247. The van der Waals surface area contributed by atoms with Gasteiger partial charge in [-0.3, -0.25) is 4.79 Å². The first-order valence-electron chi connectivity index (χ1n) is 3.80. The average molecular weight is 192 g/mol. The Kier molecular flexibility index (Phi) is 3.34. The summed E-state index contributed by atoms with van der Waals surface area (Å²) in [6, 6.07) is 0. The van der Waals surface area contributed by atoms with Crippen LogP contribution in [0.3, 0.4) is 0 Å². The van der Waals surface area contributed by atoms with Crippen molar-refractivity contribution >= 4 is 5.78 Å². The number of aliphatic hydroxyl groups excluding tert-OH is 3. The molecule has 1 aliphatic rings. The quantitative estimate of drug-likeness (QED) is 0.453. The van der Waals surface area contributed by atoms with Crippen LogP contribution in [0.2, 0.25) is 0 Å². The van der Waals surface area contributed by atoms with Gasteiger partial charge in [-0.1, -0.05) is 0 Å². The molecule has 4 atom stereocenters. The smallest absolute Gasteiger partial charge is 0.197 e. The minimum atomic E-state index is -1.50. The van der Waals surface area contributed by atoms with Crippen LogP contribution >= 0.6 is 0 Å². The third-order valence-corrected chi connectivity index (χ3v) is 1.91. The molecule has 0 aromatic heterocycles. The summed E-state index contributed by atoms with van der Waals surface area (Å²) in [5, 5.41) is 27.1. The molecule has 1 heterocycles. The molecule has 0 aromatic carbocycles. The van der Waals surface area contributed by atoms with Crippen molar-refractivity contribution in [1.82, 2.24) is 0 Å². The van der Waals surface area contributed by atoms with Gasteiger partial charge in [-0.05, 0) is 0 Å². The number of hydrogen-bond acceptors (Lipinski definition) is 6. The van der Waals surface area contributed by atoms with Crippen molar-refractivity contribution in [1.29, 1.82) is 0 Å². The molecule has 76 valence electrons. The number of hydrogen-bond donors (Lipinski definition) is 3. The molecule has 6 nitrogen and oxygen atoms in total.